The van der Waals surface area contributed by atoms with Crippen LogP contribution in [0.3, 0.4) is 0 Å². The van der Waals surface area contributed by atoms with Crippen LogP contribution in [0.4, 0.5) is 5.00 Å². The van der Waals surface area contributed by atoms with Crippen LogP contribution in [0.15, 0.2) is 35.4 Å². The van der Waals surface area contributed by atoms with Gasteiger partial charge in [-0.2, -0.15) is 5.26 Å². The molecule has 2 saturated carbocycles. The number of rotatable bonds is 4. The molecular weight excluding hydrogens is 428 g/mol. The van der Waals surface area contributed by atoms with E-state index in [1.807, 2.05) is 6.92 Å². The van der Waals surface area contributed by atoms with E-state index in [-0.39, 0.29) is 35.5 Å². The van der Waals surface area contributed by atoms with E-state index < -0.39 is 0 Å². The zero-order valence-electron chi connectivity index (χ0n) is 19.9. The normalized spacial score (nSPS) is 26.7. The first kappa shape index (κ1) is 22.1. The average molecular weight is 459 g/mol. The third kappa shape index (κ3) is 3.07. The minimum Gasteiger partial charge on any atom is -0.274 e. The Morgan fingerprint density at radius 2 is 1.70 bits per heavy atom. The van der Waals surface area contributed by atoms with Crippen LogP contribution >= 0.6 is 11.3 Å². The van der Waals surface area contributed by atoms with Crippen molar-refractivity contribution in [2.75, 3.05) is 4.90 Å². The Morgan fingerprint density at radius 3 is 2.18 bits per heavy atom. The van der Waals surface area contributed by atoms with Crippen LogP contribution < -0.4 is 4.90 Å². The van der Waals surface area contributed by atoms with Crippen molar-refractivity contribution in [1.29, 1.82) is 5.26 Å². The first-order valence-corrected chi connectivity index (χ1v) is 12.8. The Kier molecular flexibility index (Phi) is 5.33. The lowest BCUT2D eigenvalue weighted by Gasteiger charge is -2.18. The Balaban J connectivity index is 1.55. The second-order valence-electron chi connectivity index (χ2n) is 10.1. The second-order valence-corrected chi connectivity index (χ2v) is 11.3. The molecule has 0 spiro atoms. The maximum atomic E-state index is 13.6. The SMILES string of the molecule is CC[C@@H](C)c1ccc(-c2c(C)sc(N3C(=O)[C@@H]4[C@H](C3=O)[C@@H]3CC[C@@H]4C3=C(C)C)c2C#N)cc1. The summed E-state index contributed by atoms with van der Waals surface area (Å²) in [7, 11) is 0. The summed E-state index contributed by atoms with van der Waals surface area (Å²) in [5.74, 6) is 0.131. The van der Waals surface area contributed by atoms with Crippen molar-refractivity contribution in [1.82, 2.24) is 0 Å². The van der Waals surface area contributed by atoms with Gasteiger partial charge in [-0.15, -0.1) is 11.3 Å². The molecule has 0 radical (unpaired) electrons. The molecule has 4 nitrogen and oxygen atoms in total. The highest BCUT2D eigenvalue weighted by Gasteiger charge is 2.64. The molecule has 170 valence electrons. The Morgan fingerprint density at radius 1 is 1.12 bits per heavy atom. The topological polar surface area (TPSA) is 61.2 Å². The number of aryl methyl sites for hydroxylation is 1. The highest BCUT2D eigenvalue weighted by Crippen LogP contribution is 2.61. The van der Waals surface area contributed by atoms with E-state index in [1.54, 1.807) is 0 Å². The van der Waals surface area contributed by atoms with Crippen molar-refractivity contribution in [2.24, 2.45) is 23.7 Å². The molecule has 5 atom stereocenters. The van der Waals surface area contributed by atoms with E-state index in [9.17, 15) is 14.9 Å². The number of carbonyl (C=O) groups is 2. The van der Waals surface area contributed by atoms with Crippen LogP contribution in [0.1, 0.15) is 68.9 Å². The van der Waals surface area contributed by atoms with Gasteiger partial charge >= 0.3 is 0 Å². The number of carbonyl (C=O) groups excluding carboxylic acids is 2. The molecule has 33 heavy (non-hydrogen) atoms. The molecule has 1 aromatic carbocycles. The van der Waals surface area contributed by atoms with Gasteiger partial charge in [0.25, 0.3) is 0 Å². The van der Waals surface area contributed by atoms with Crippen LogP contribution in [-0.4, -0.2) is 11.8 Å². The van der Waals surface area contributed by atoms with E-state index in [0.29, 0.717) is 16.5 Å². The Labute approximate surface area is 199 Å². The number of allylic oxidation sites excluding steroid dienone is 2. The Bertz CT molecular complexity index is 1190. The van der Waals surface area contributed by atoms with E-state index in [1.165, 1.54) is 32.9 Å². The molecule has 5 rings (SSSR count). The van der Waals surface area contributed by atoms with Crippen molar-refractivity contribution < 1.29 is 9.59 Å². The summed E-state index contributed by atoms with van der Waals surface area (Å²) in [5, 5.41) is 10.6. The molecule has 2 aliphatic carbocycles. The number of fused-ring (bicyclic) bond motifs is 5. The average Bonchev–Trinajstić information content (AvgIpc) is 3.52. The van der Waals surface area contributed by atoms with Gasteiger partial charge in [0.2, 0.25) is 11.8 Å². The molecule has 2 bridgehead atoms. The van der Waals surface area contributed by atoms with E-state index in [0.717, 1.165) is 35.3 Å². The van der Waals surface area contributed by atoms with Gasteiger partial charge in [-0.05, 0) is 68.9 Å². The van der Waals surface area contributed by atoms with Gasteiger partial charge in [0.15, 0.2) is 0 Å². The minimum atomic E-state index is -0.256. The van der Waals surface area contributed by atoms with Gasteiger partial charge in [0.05, 0.1) is 17.4 Å². The molecule has 2 heterocycles. The number of amides is 2. The number of nitrogens with zero attached hydrogens (tertiary/aromatic N) is 2. The lowest BCUT2D eigenvalue weighted by molar-refractivity contribution is -0.122. The number of hydrogen-bond acceptors (Lipinski definition) is 4. The van der Waals surface area contributed by atoms with E-state index in [2.05, 4.69) is 58.0 Å². The van der Waals surface area contributed by atoms with Gasteiger partial charge < -0.3 is 0 Å². The van der Waals surface area contributed by atoms with Crippen LogP contribution in [0.25, 0.3) is 11.1 Å². The summed E-state index contributed by atoms with van der Waals surface area (Å²) in [6, 6.07) is 10.7. The molecule has 3 aliphatic rings. The number of imide groups is 1. The highest BCUT2D eigenvalue weighted by atomic mass is 32.1. The van der Waals surface area contributed by atoms with Crippen LogP contribution in [0.5, 0.6) is 0 Å². The lowest BCUT2D eigenvalue weighted by atomic mass is 9.81. The maximum absolute atomic E-state index is 13.6. The standard InChI is InChI=1S/C28H30N2O2S/c1-6-15(4)17-7-9-18(10-8-17)23-16(5)33-28(21(23)13-29)30-26(31)24-19-11-12-20(22(19)14(2)3)25(24)27(30)32/h7-10,15,19-20,24-25H,6,11-12H2,1-5H3/t15-,19-,20-,24-,25+/m1/s1. The number of nitriles is 1. The zero-order chi connectivity index (χ0) is 23.6. The van der Waals surface area contributed by atoms with Crippen molar-refractivity contribution in [3.05, 3.63) is 51.4 Å². The molecule has 1 saturated heterocycles. The summed E-state index contributed by atoms with van der Waals surface area (Å²) in [5.41, 5.74) is 6.14. The van der Waals surface area contributed by atoms with Gasteiger partial charge in [-0.1, -0.05) is 49.3 Å². The quantitative estimate of drug-likeness (QED) is 0.383. The molecule has 1 aromatic heterocycles. The van der Waals surface area contributed by atoms with Crippen LogP contribution in [0.2, 0.25) is 0 Å². The minimum absolute atomic E-state index is 0.104. The lowest BCUT2D eigenvalue weighted by Crippen LogP contribution is -2.33. The molecular formula is C28H30N2O2S. The van der Waals surface area contributed by atoms with Crippen molar-refractivity contribution in [3.8, 4) is 17.2 Å². The third-order valence-corrected chi connectivity index (χ3v) is 9.28. The molecule has 0 unspecified atom stereocenters. The number of thiophene rings is 1. The summed E-state index contributed by atoms with van der Waals surface area (Å²) < 4.78 is 0. The van der Waals surface area contributed by atoms with Gasteiger partial charge in [0, 0.05) is 10.4 Å². The maximum Gasteiger partial charge on any atom is 0.239 e. The first-order chi connectivity index (χ1) is 15.8. The van der Waals surface area contributed by atoms with E-state index in [4.69, 9.17) is 0 Å². The fraction of sp³-hybridized carbons (Fsp3) is 0.464. The fourth-order valence-corrected chi connectivity index (χ4v) is 7.68. The van der Waals surface area contributed by atoms with Crippen molar-refractivity contribution >= 4 is 28.2 Å². The molecule has 2 amide bonds. The van der Waals surface area contributed by atoms with Gasteiger partial charge in [-0.25, -0.2) is 4.90 Å². The molecule has 3 fully saturated rings. The van der Waals surface area contributed by atoms with Crippen LogP contribution in [-0.2, 0) is 9.59 Å². The fourth-order valence-electron chi connectivity index (χ4n) is 6.54. The number of benzene rings is 1. The number of anilines is 1. The highest BCUT2D eigenvalue weighted by molar-refractivity contribution is 7.17. The first-order valence-electron chi connectivity index (χ1n) is 12.0. The van der Waals surface area contributed by atoms with Gasteiger partial charge in [0.1, 0.15) is 11.1 Å². The van der Waals surface area contributed by atoms with Crippen molar-refractivity contribution in [2.45, 2.75) is 59.8 Å². The van der Waals surface area contributed by atoms with Crippen molar-refractivity contribution in [3.63, 3.8) is 0 Å². The summed E-state index contributed by atoms with van der Waals surface area (Å²) in [4.78, 5) is 29.6. The monoisotopic (exact) mass is 458 g/mol. The molecule has 1 aliphatic heterocycles. The smallest absolute Gasteiger partial charge is 0.239 e. The third-order valence-electron chi connectivity index (χ3n) is 8.19. The van der Waals surface area contributed by atoms with E-state index >= 15 is 0 Å². The predicted octanol–water partition coefficient (Wildman–Crippen LogP) is 6.59. The van der Waals surface area contributed by atoms with Crippen LogP contribution in [0, 0.1) is 41.9 Å². The van der Waals surface area contributed by atoms with Gasteiger partial charge in [-0.3, -0.25) is 9.59 Å². The largest absolute Gasteiger partial charge is 0.274 e. The second kappa shape index (κ2) is 7.95. The zero-order valence-corrected chi connectivity index (χ0v) is 20.8. The molecule has 2 aromatic rings. The summed E-state index contributed by atoms with van der Waals surface area (Å²) in [6.45, 7) is 10.6. The predicted molar refractivity (Wildman–Crippen MR) is 132 cm³/mol. The summed E-state index contributed by atoms with van der Waals surface area (Å²) >= 11 is 1.40. The molecule has 5 heteroatoms. The summed E-state index contributed by atoms with van der Waals surface area (Å²) in [6.07, 6.45) is 3.05. The molecule has 0 N–H and O–H groups in total. The number of hydrogen-bond donors (Lipinski definition) is 0. The Hall–Kier alpha value is -2.71.